The van der Waals surface area contributed by atoms with Crippen LogP contribution in [0, 0.1) is 10.1 Å². The van der Waals surface area contributed by atoms with E-state index in [2.05, 4.69) is 10.2 Å². The van der Waals surface area contributed by atoms with Crippen LogP contribution in [0.15, 0.2) is 107 Å². The summed E-state index contributed by atoms with van der Waals surface area (Å²) in [5, 5.41) is 30.5. The molecule has 4 rings (SSSR count). The van der Waals surface area contributed by atoms with Crippen LogP contribution in [0.2, 0.25) is 0 Å². The van der Waals surface area contributed by atoms with Crippen LogP contribution in [-0.4, -0.2) is 10.0 Å². The fraction of sp³-hybridized carbons (Fsp3) is 0.0769. The van der Waals surface area contributed by atoms with Gasteiger partial charge in [-0.25, -0.2) is 0 Å². The molecule has 0 amide bonds. The highest BCUT2D eigenvalue weighted by molar-refractivity contribution is 5.60. The minimum Gasteiger partial charge on any atom is -0.505 e. The van der Waals surface area contributed by atoms with Gasteiger partial charge in [-0.3, -0.25) is 10.1 Å². The number of nitrogens with zero attached hydrogens (tertiary/aromatic N) is 3. The zero-order chi connectivity index (χ0) is 22.3. The largest absolute Gasteiger partial charge is 0.505 e. The number of nitro benzene ring substituents is 1. The Labute approximate surface area is 185 Å². The van der Waals surface area contributed by atoms with Crippen LogP contribution in [0.3, 0.4) is 0 Å². The second kappa shape index (κ2) is 9.66. The summed E-state index contributed by atoms with van der Waals surface area (Å²) in [5.74, 6) is 0.0213. The van der Waals surface area contributed by atoms with Gasteiger partial charge in [0.1, 0.15) is 11.4 Å². The Hall–Kier alpha value is -4.32. The standard InChI is InChI=1S/C26H21N3O3/c30-26-22(16-20-11-5-2-6-12-20)17-21(15-19-9-3-1-4-10-19)18-24(26)28-27-23-13-7-8-14-25(23)29(31)32/h1-14,17-18,30H,15-16H2. The molecule has 0 unspecified atom stereocenters. The number of azo groups is 1. The first-order chi connectivity index (χ1) is 15.6. The molecule has 0 atom stereocenters. The normalized spacial score (nSPS) is 11.0. The van der Waals surface area contributed by atoms with E-state index >= 15 is 0 Å². The van der Waals surface area contributed by atoms with Crippen molar-refractivity contribution in [2.75, 3.05) is 0 Å². The van der Waals surface area contributed by atoms with Gasteiger partial charge in [-0.1, -0.05) is 78.9 Å². The molecule has 0 aliphatic rings. The van der Waals surface area contributed by atoms with Gasteiger partial charge in [0, 0.05) is 18.1 Å². The minimum atomic E-state index is -0.499. The molecule has 0 heterocycles. The van der Waals surface area contributed by atoms with Gasteiger partial charge in [-0.05, 0) is 35.2 Å². The molecule has 0 bridgehead atoms. The molecule has 4 aromatic carbocycles. The highest BCUT2D eigenvalue weighted by Crippen LogP contribution is 2.36. The van der Waals surface area contributed by atoms with Crippen molar-refractivity contribution in [3.05, 3.63) is 129 Å². The van der Waals surface area contributed by atoms with Crippen molar-refractivity contribution in [3.8, 4) is 5.75 Å². The molecule has 6 heteroatoms. The molecule has 1 N–H and O–H groups in total. The van der Waals surface area contributed by atoms with Gasteiger partial charge in [0.05, 0.1) is 4.92 Å². The maximum absolute atomic E-state index is 11.3. The van der Waals surface area contributed by atoms with Crippen LogP contribution < -0.4 is 0 Å². The van der Waals surface area contributed by atoms with Gasteiger partial charge in [-0.15, -0.1) is 10.2 Å². The van der Waals surface area contributed by atoms with E-state index in [0.29, 0.717) is 12.8 Å². The van der Waals surface area contributed by atoms with E-state index in [9.17, 15) is 15.2 Å². The summed E-state index contributed by atoms with van der Waals surface area (Å²) < 4.78 is 0. The molecule has 0 radical (unpaired) electrons. The second-order valence-corrected chi connectivity index (χ2v) is 7.39. The van der Waals surface area contributed by atoms with Crippen LogP contribution in [0.4, 0.5) is 17.1 Å². The highest BCUT2D eigenvalue weighted by Gasteiger charge is 2.14. The Morgan fingerprint density at radius 3 is 1.91 bits per heavy atom. The monoisotopic (exact) mass is 423 g/mol. The quantitative estimate of drug-likeness (QED) is 0.199. The summed E-state index contributed by atoms with van der Waals surface area (Å²) in [6, 6.07) is 29.7. The summed E-state index contributed by atoms with van der Waals surface area (Å²) in [7, 11) is 0. The second-order valence-electron chi connectivity index (χ2n) is 7.39. The van der Waals surface area contributed by atoms with Crippen molar-refractivity contribution in [2.24, 2.45) is 10.2 Å². The van der Waals surface area contributed by atoms with Crippen molar-refractivity contribution >= 4 is 17.1 Å². The third kappa shape index (κ3) is 5.05. The molecule has 0 saturated heterocycles. The van der Waals surface area contributed by atoms with Crippen LogP contribution in [0.1, 0.15) is 22.3 Å². The molecule has 32 heavy (non-hydrogen) atoms. The van der Waals surface area contributed by atoms with E-state index in [0.717, 1.165) is 22.3 Å². The SMILES string of the molecule is O=[N+]([O-])c1ccccc1N=Nc1cc(Cc2ccccc2)cc(Cc2ccccc2)c1O. The van der Waals surface area contributed by atoms with Crippen molar-refractivity contribution in [1.82, 2.24) is 0 Å². The van der Waals surface area contributed by atoms with Crippen molar-refractivity contribution < 1.29 is 10.0 Å². The summed E-state index contributed by atoms with van der Waals surface area (Å²) >= 11 is 0. The average Bonchev–Trinajstić information content (AvgIpc) is 2.81. The van der Waals surface area contributed by atoms with Gasteiger partial charge < -0.3 is 5.11 Å². The van der Waals surface area contributed by atoms with Crippen molar-refractivity contribution in [3.63, 3.8) is 0 Å². The Morgan fingerprint density at radius 2 is 1.25 bits per heavy atom. The number of phenols is 1. The molecule has 0 saturated carbocycles. The number of hydrogen-bond donors (Lipinski definition) is 1. The van der Waals surface area contributed by atoms with E-state index in [1.54, 1.807) is 18.2 Å². The summed E-state index contributed by atoms with van der Waals surface area (Å²) in [6.45, 7) is 0. The number of phenolic OH excluding ortho intramolecular Hbond substituents is 1. The Bertz CT molecular complexity index is 1260. The van der Waals surface area contributed by atoms with E-state index in [1.807, 2.05) is 66.7 Å². The van der Waals surface area contributed by atoms with Crippen LogP contribution >= 0.6 is 0 Å². The molecule has 0 spiro atoms. The van der Waals surface area contributed by atoms with Gasteiger partial charge in [-0.2, -0.15) is 0 Å². The Balaban J connectivity index is 1.74. The van der Waals surface area contributed by atoms with Gasteiger partial charge in [0.25, 0.3) is 5.69 Å². The van der Waals surface area contributed by atoms with E-state index < -0.39 is 4.92 Å². The molecule has 158 valence electrons. The highest BCUT2D eigenvalue weighted by atomic mass is 16.6. The first kappa shape index (κ1) is 20.9. The van der Waals surface area contributed by atoms with Crippen molar-refractivity contribution in [2.45, 2.75) is 12.8 Å². The molecule has 0 aromatic heterocycles. The lowest BCUT2D eigenvalue weighted by Crippen LogP contribution is -1.94. The first-order valence-electron chi connectivity index (χ1n) is 10.2. The molecule has 0 aliphatic carbocycles. The number of benzene rings is 4. The number of hydrogen-bond acceptors (Lipinski definition) is 5. The maximum Gasteiger partial charge on any atom is 0.296 e. The lowest BCUT2D eigenvalue weighted by atomic mass is 9.97. The van der Waals surface area contributed by atoms with Crippen LogP contribution in [-0.2, 0) is 12.8 Å². The molecular formula is C26H21N3O3. The maximum atomic E-state index is 11.3. The number of nitro groups is 1. The summed E-state index contributed by atoms with van der Waals surface area (Å²) in [6.07, 6.45) is 1.19. The Morgan fingerprint density at radius 1 is 0.688 bits per heavy atom. The number of rotatable bonds is 7. The van der Waals surface area contributed by atoms with Gasteiger partial charge in [0.15, 0.2) is 5.69 Å². The third-order valence-electron chi connectivity index (χ3n) is 5.06. The van der Waals surface area contributed by atoms with E-state index in [4.69, 9.17) is 0 Å². The van der Waals surface area contributed by atoms with E-state index in [1.165, 1.54) is 12.1 Å². The molecular weight excluding hydrogens is 402 g/mol. The smallest absolute Gasteiger partial charge is 0.296 e. The first-order valence-corrected chi connectivity index (χ1v) is 10.2. The van der Waals surface area contributed by atoms with Crippen molar-refractivity contribution in [1.29, 1.82) is 0 Å². The Kier molecular flexibility index (Phi) is 6.32. The van der Waals surface area contributed by atoms with E-state index in [-0.39, 0.29) is 22.8 Å². The zero-order valence-corrected chi connectivity index (χ0v) is 17.3. The molecule has 6 nitrogen and oxygen atoms in total. The fourth-order valence-corrected chi connectivity index (χ4v) is 3.51. The minimum absolute atomic E-state index is 0.0213. The fourth-order valence-electron chi connectivity index (χ4n) is 3.51. The molecule has 4 aromatic rings. The number of para-hydroxylation sites is 1. The lowest BCUT2D eigenvalue weighted by Gasteiger charge is -2.11. The third-order valence-corrected chi connectivity index (χ3v) is 5.06. The molecule has 0 fully saturated rings. The summed E-state index contributed by atoms with van der Waals surface area (Å²) in [5.41, 5.74) is 4.16. The average molecular weight is 423 g/mol. The predicted molar refractivity (Wildman–Crippen MR) is 124 cm³/mol. The van der Waals surface area contributed by atoms with Gasteiger partial charge >= 0.3 is 0 Å². The number of aromatic hydroxyl groups is 1. The summed E-state index contributed by atoms with van der Waals surface area (Å²) in [4.78, 5) is 10.8. The molecule has 0 aliphatic heterocycles. The van der Waals surface area contributed by atoms with Gasteiger partial charge in [0.2, 0.25) is 0 Å². The van der Waals surface area contributed by atoms with Crippen LogP contribution in [0.25, 0.3) is 0 Å². The predicted octanol–water partition coefficient (Wildman–Crippen LogP) is 6.90. The lowest BCUT2D eigenvalue weighted by molar-refractivity contribution is -0.384. The zero-order valence-electron chi connectivity index (χ0n) is 17.3. The topological polar surface area (TPSA) is 88.1 Å². The van der Waals surface area contributed by atoms with Crippen LogP contribution in [0.5, 0.6) is 5.75 Å².